The van der Waals surface area contributed by atoms with Gasteiger partial charge in [-0.3, -0.25) is 14.2 Å². The zero-order valence-corrected chi connectivity index (χ0v) is 22.9. The number of fused-ring (bicyclic) bond motifs is 3. The first kappa shape index (κ1) is 25.8. The van der Waals surface area contributed by atoms with Crippen molar-refractivity contribution in [1.82, 2.24) is 15.0 Å². The number of aromatic nitrogens is 2. The lowest BCUT2D eigenvalue weighted by Crippen LogP contribution is -2.24. The summed E-state index contributed by atoms with van der Waals surface area (Å²) < 4.78 is 7.13. The number of hydrogen-bond donors (Lipinski definition) is 1. The molecule has 0 saturated heterocycles. The van der Waals surface area contributed by atoms with Crippen LogP contribution in [0.5, 0.6) is 5.75 Å². The van der Waals surface area contributed by atoms with E-state index in [2.05, 4.69) is 10.5 Å². The molecule has 2 heterocycles. The molecule has 7 nitrogen and oxygen atoms in total. The number of halogens is 2. The number of nitrogens with one attached hydrogen (secondary N) is 1. The van der Waals surface area contributed by atoms with E-state index in [1.165, 1.54) is 22.9 Å². The Kier molecular flexibility index (Phi) is 7.85. The van der Waals surface area contributed by atoms with Gasteiger partial charge in [-0.25, -0.2) is 10.4 Å². The van der Waals surface area contributed by atoms with Crippen LogP contribution >= 0.6 is 46.3 Å². The Labute approximate surface area is 231 Å². The van der Waals surface area contributed by atoms with Crippen LogP contribution in [-0.2, 0) is 17.6 Å². The predicted octanol–water partition coefficient (Wildman–Crippen LogP) is 5.88. The topological polar surface area (TPSA) is 85.6 Å². The molecule has 0 unspecified atom stereocenters. The Morgan fingerprint density at radius 1 is 1.24 bits per heavy atom. The number of thioether (sulfide) groups is 1. The monoisotopic (exact) mass is 572 g/mol. The van der Waals surface area contributed by atoms with E-state index in [9.17, 15) is 9.59 Å². The Bertz CT molecular complexity index is 1570. The van der Waals surface area contributed by atoms with Crippen molar-refractivity contribution in [1.29, 1.82) is 0 Å². The first-order valence-electron chi connectivity index (χ1n) is 11.7. The molecule has 0 saturated carbocycles. The van der Waals surface area contributed by atoms with E-state index >= 15 is 0 Å². The maximum atomic E-state index is 13.8. The minimum Gasteiger partial charge on any atom is -0.494 e. The van der Waals surface area contributed by atoms with E-state index in [0.717, 1.165) is 30.6 Å². The van der Waals surface area contributed by atoms with Gasteiger partial charge in [-0.2, -0.15) is 5.10 Å². The summed E-state index contributed by atoms with van der Waals surface area (Å²) in [6.07, 6.45) is 4.35. The Morgan fingerprint density at radius 2 is 2.05 bits per heavy atom. The zero-order valence-electron chi connectivity index (χ0n) is 19.8. The van der Waals surface area contributed by atoms with Gasteiger partial charge in [0.1, 0.15) is 10.6 Å². The maximum Gasteiger partial charge on any atom is 0.267 e. The van der Waals surface area contributed by atoms with Gasteiger partial charge in [0.15, 0.2) is 5.16 Å². The molecule has 11 heteroatoms. The van der Waals surface area contributed by atoms with Crippen molar-refractivity contribution in [2.45, 2.75) is 31.3 Å². The number of hydrogen-bond acceptors (Lipinski definition) is 7. The van der Waals surface area contributed by atoms with Gasteiger partial charge in [-0.15, -0.1) is 11.3 Å². The molecule has 0 fully saturated rings. The van der Waals surface area contributed by atoms with E-state index in [-0.39, 0.29) is 17.2 Å². The fraction of sp³-hybridized carbons (Fsp3) is 0.231. The van der Waals surface area contributed by atoms with Crippen LogP contribution in [0.25, 0.3) is 15.9 Å². The lowest BCUT2D eigenvalue weighted by atomic mass is 10.2. The molecule has 1 aliphatic carbocycles. The number of aryl methyl sites for hydroxylation is 2. The SMILES string of the molecule is CCOc1ccc(-n2c(SCC(=O)NN=Cc3cccc(Cl)c3Cl)nc3sc4c(c3c2=O)CCC4)cc1. The molecular formula is C26H22Cl2N4O3S2. The molecule has 2 aromatic heterocycles. The maximum absolute atomic E-state index is 13.8. The van der Waals surface area contributed by atoms with Crippen LogP contribution < -0.4 is 15.7 Å². The molecule has 190 valence electrons. The van der Waals surface area contributed by atoms with Crippen LogP contribution in [0.2, 0.25) is 10.0 Å². The number of ether oxygens (including phenoxy) is 1. The van der Waals surface area contributed by atoms with Crippen LogP contribution in [0, 0.1) is 0 Å². The molecule has 4 aromatic rings. The first-order chi connectivity index (χ1) is 18.0. The van der Waals surface area contributed by atoms with E-state index in [0.29, 0.717) is 43.3 Å². The molecular weight excluding hydrogens is 551 g/mol. The molecule has 1 N–H and O–H groups in total. The van der Waals surface area contributed by atoms with Crippen LogP contribution in [0.15, 0.2) is 57.5 Å². The van der Waals surface area contributed by atoms with E-state index in [1.54, 1.807) is 34.1 Å². The van der Waals surface area contributed by atoms with Gasteiger partial charge in [0.25, 0.3) is 11.5 Å². The molecule has 2 aromatic carbocycles. The number of carbonyl (C=O) groups excluding carboxylic acids is 1. The lowest BCUT2D eigenvalue weighted by Gasteiger charge is -2.13. The summed E-state index contributed by atoms with van der Waals surface area (Å²) in [7, 11) is 0. The van der Waals surface area contributed by atoms with Gasteiger partial charge in [-0.1, -0.05) is 47.1 Å². The number of carbonyl (C=O) groups is 1. The average Bonchev–Trinajstić information content (AvgIpc) is 3.47. The van der Waals surface area contributed by atoms with Crippen molar-refractivity contribution in [3.8, 4) is 11.4 Å². The van der Waals surface area contributed by atoms with Gasteiger partial charge in [0.05, 0.1) is 39.7 Å². The fourth-order valence-electron chi connectivity index (χ4n) is 4.16. The third-order valence-corrected chi connectivity index (χ3v) is 8.78. The number of thiophene rings is 1. The number of hydrazone groups is 1. The summed E-state index contributed by atoms with van der Waals surface area (Å²) in [6, 6.07) is 12.5. The molecule has 0 aliphatic heterocycles. The third kappa shape index (κ3) is 5.40. The van der Waals surface area contributed by atoms with Crippen LogP contribution in [0.4, 0.5) is 0 Å². The number of rotatable bonds is 8. The Balaban J connectivity index is 1.41. The Hall–Kier alpha value is -2.85. The highest BCUT2D eigenvalue weighted by Gasteiger charge is 2.24. The van der Waals surface area contributed by atoms with Crippen molar-refractivity contribution in [3.05, 3.63) is 78.9 Å². The number of amides is 1. The summed E-state index contributed by atoms with van der Waals surface area (Å²) in [5, 5.41) is 5.87. The minimum absolute atomic E-state index is 0.0146. The van der Waals surface area contributed by atoms with Gasteiger partial charge in [-0.05, 0) is 62.1 Å². The lowest BCUT2D eigenvalue weighted by molar-refractivity contribution is -0.118. The molecule has 37 heavy (non-hydrogen) atoms. The van der Waals surface area contributed by atoms with E-state index in [4.69, 9.17) is 32.9 Å². The molecule has 5 rings (SSSR count). The largest absolute Gasteiger partial charge is 0.494 e. The van der Waals surface area contributed by atoms with Gasteiger partial charge >= 0.3 is 0 Å². The van der Waals surface area contributed by atoms with E-state index < -0.39 is 0 Å². The molecule has 1 amide bonds. The summed E-state index contributed by atoms with van der Waals surface area (Å²) in [4.78, 5) is 33.1. The highest BCUT2D eigenvalue weighted by molar-refractivity contribution is 7.99. The highest BCUT2D eigenvalue weighted by atomic mass is 35.5. The minimum atomic E-state index is -0.347. The zero-order chi connectivity index (χ0) is 25.9. The number of benzene rings is 2. The molecule has 1 aliphatic rings. The Morgan fingerprint density at radius 3 is 2.84 bits per heavy atom. The second-order valence-corrected chi connectivity index (χ2v) is 11.0. The van der Waals surface area contributed by atoms with E-state index in [1.807, 2.05) is 31.2 Å². The average molecular weight is 574 g/mol. The number of nitrogens with zero attached hydrogens (tertiary/aromatic N) is 3. The summed E-state index contributed by atoms with van der Waals surface area (Å²) in [5.74, 6) is 0.386. The highest BCUT2D eigenvalue weighted by Crippen LogP contribution is 2.36. The van der Waals surface area contributed by atoms with Crippen molar-refractivity contribution in [3.63, 3.8) is 0 Å². The summed E-state index contributed by atoms with van der Waals surface area (Å²) in [6.45, 7) is 2.47. The summed E-state index contributed by atoms with van der Waals surface area (Å²) in [5.41, 5.74) is 4.73. The smallest absolute Gasteiger partial charge is 0.267 e. The van der Waals surface area contributed by atoms with Gasteiger partial charge in [0, 0.05) is 10.4 Å². The van der Waals surface area contributed by atoms with Crippen LogP contribution in [-0.4, -0.2) is 34.0 Å². The van der Waals surface area contributed by atoms with Gasteiger partial charge in [0.2, 0.25) is 0 Å². The van der Waals surface area contributed by atoms with Crippen LogP contribution in [0.1, 0.15) is 29.3 Å². The first-order valence-corrected chi connectivity index (χ1v) is 14.2. The normalized spacial score (nSPS) is 12.8. The second-order valence-electron chi connectivity index (χ2n) is 8.22. The van der Waals surface area contributed by atoms with Crippen molar-refractivity contribution in [2.24, 2.45) is 5.10 Å². The third-order valence-electron chi connectivity index (χ3n) is 5.82. The van der Waals surface area contributed by atoms with Gasteiger partial charge < -0.3 is 4.74 Å². The quantitative estimate of drug-likeness (QED) is 0.123. The predicted molar refractivity (Wildman–Crippen MR) is 151 cm³/mol. The molecule has 0 radical (unpaired) electrons. The molecule has 0 atom stereocenters. The van der Waals surface area contributed by atoms with Crippen molar-refractivity contribution in [2.75, 3.05) is 12.4 Å². The fourth-order valence-corrected chi connectivity index (χ4v) is 6.63. The van der Waals surface area contributed by atoms with Crippen molar-refractivity contribution >= 4 is 68.6 Å². The standard InChI is InChI=1S/C26H22Cl2N4O3S2/c1-2-35-17-11-9-16(10-12-17)32-25(34)22-18-6-4-8-20(18)37-24(22)30-26(32)36-14-21(33)31-29-13-15-5-3-7-19(27)23(15)28/h3,5,7,9-13H,2,4,6,8,14H2,1H3,(H,31,33). The molecule has 0 bridgehead atoms. The summed E-state index contributed by atoms with van der Waals surface area (Å²) >= 11 is 14.9. The second kappa shape index (κ2) is 11.3. The molecule has 0 spiro atoms. The van der Waals surface area contributed by atoms with Crippen molar-refractivity contribution < 1.29 is 9.53 Å². The van der Waals surface area contributed by atoms with Crippen LogP contribution in [0.3, 0.4) is 0 Å².